The van der Waals surface area contributed by atoms with Gasteiger partial charge in [0.25, 0.3) is 0 Å². The predicted octanol–water partition coefficient (Wildman–Crippen LogP) is 2.43. The van der Waals surface area contributed by atoms with E-state index in [9.17, 15) is 9.90 Å². The van der Waals surface area contributed by atoms with Gasteiger partial charge in [-0.05, 0) is 75.6 Å². The van der Waals surface area contributed by atoms with Crippen LogP contribution >= 0.6 is 0 Å². The molecule has 174 valence electrons. The van der Waals surface area contributed by atoms with Crippen LogP contribution in [-0.2, 0) is 21.4 Å². The maximum absolute atomic E-state index is 10.9. The standard InChI is InChI=1S/C25H34N2O5/c1-31-25-9-8-17(26-11-2-3-20(29)30)23-24(25)10-12-27(14-15-4-5-15)19(25)13-16-6-7-18(28)22(32-23)21(16)24/h6-7,15,17,19,23,26,28H,2-5,8-14H2,1H3,(H,29,30)/t17-,19?,23-,24?,25+/m0/s1. The van der Waals surface area contributed by atoms with Crippen molar-refractivity contribution in [1.82, 2.24) is 10.2 Å². The number of phenolic OH excluding ortho intramolecular Hbond substituents is 1. The Morgan fingerprint density at radius 2 is 2.16 bits per heavy atom. The zero-order valence-electron chi connectivity index (χ0n) is 18.8. The number of ether oxygens (including phenoxy) is 2. The summed E-state index contributed by atoms with van der Waals surface area (Å²) < 4.78 is 13.2. The molecule has 0 aromatic heterocycles. The zero-order chi connectivity index (χ0) is 22.1. The Hall–Kier alpha value is -1.83. The van der Waals surface area contributed by atoms with Crippen molar-refractivity contribution < 1.29 is 24.5 Å². The molecule has 3 aliphatic carbocycles. The molecule has 2 saturated carbocycles. The topological polar surface area (TPSA) is 91.3 Å². The van der Waals surface area contributed by atoms with Gasteiger partial charge in [0.05, 0.1) is 11.0 Å². The van der Waals surface area contributed by atoms with Crippen LogP contribution < -0.4 is 10.1 Å². The van der Waals surface area contributed by atoms with Crippen LogP contribution in [0.1, 0.15) is 56.1 Å². The SMILES string of the molecule is CO[C@@]12CC[C@H](NCCCC(=O)O)[C@@H]3Oc4c(O)ccc5c4C31CCN(CC1CC1)C2C5. The number of hydrogen-bond acceptors (Lipinski definition) is 6. The summed E-state index contributed by atoms with van der Waals surface area (Å²) in [6.07, 6.45) is 7.11. The predicted molar refractivity (Wildman–Crippen MR) is 118 cm³/mol. The number of likely N-dealkylation sites (tertiary alicyclic amines) is 1. The highest BCUT2D eigenvalue weighted by atomic mass is 16.5. The van der Waals surface area contributed by atoms with Gasteiger partial charge >= 0.3 is 5.97 Å². The summed E-state index contributed by atoms with van der Waals surface area (Å²) in [6, 6.07) is 4.32. The highest BCUT2D eigenvalue weighted by molar-refractivity contribution is 5.66. The van der Waals surface area contributed by atoms with Crippen molar-refractivity contribution in [3.63, 3.8) is 0 Å². The average molecular weight is 443 g/mol. The van der Waals surface area contributed by atoms with Crippen molar-refractivity contribution >= 4 is 5.97 Å². The molecule has 3 N–H and O–H groups in total. The molecule has 1 aromatic rings. The lowest BCUT2D eigenvalue weighted by molar-refractivity contribution is -0.207. The molecule has 1 spiro atoms. The van der Waals surface area contributed by atoms with Crippen LogP contribution in [0.25, 0.3) is 0 Å². The van der Waals surface area contributed by atoms with Gasteiger partial charge in [-0.15, -0.1) is 0 Å². The lowest BCUT2D eigenvalue weighted by atomic mass is 9.48. The van der Waals surface area contributed by atoms with E-state index in [4.69, 9.17) is 14.6 Å². The van der Waals surface area contributed by atoms with E-state index in [1.807, 2.05) is 7.11 Å². The van der Waals surface area contributed by atoms with Crippen molar-refractivity contribution in [2.75, 3.05) is 26.7 Å². The third-order valence-electron chi connectivity index (χ3n) is 9.06. The quantitative estimate of drug-likeness (QED) is 0.533. The lowest BCUT2D eigenvalue weighted by Crippen LogP contribution is -2.78. The number of aromatic hydroxyl groups is 1. The van der Waals surface area contributed by atoms with Crippen LogP contribution in [0.5, 0.6) is 11.5 Å². The molecule has 32 heavy (non-hydrogen) atoms. The van der Waals surface area contributed by atoms with E-state index in [0.717, 1.165) is 44.7 Å². The van der Waals surface area contributed by atoms with Crippen molar-refractivity contribution in [1.29, 1.82) is 0 Å². The fraction of sp³-hybridized carbons (Fsp3) is 0.720. The van der Waals surface area contributed by atoms with Gasteiger partial charge in [0.1, 0.15) is 6.10 Å². The third-order valence-corrected chi connectivity index (χ3v) is 9.06. The molecule has 2 unspecified atom stereocenters. The Balaban J connectivity index is 1.40. The lowest BCUT2D eigenvalue weighted by Gasteiger charge is -2.65. The normalized spacial score (nSPS) is 37.1. The van der Waals surface area contributed by atoms with Gasteiger partial charge in [0.2, 0.25) is 0 Å². The van der Waals surface area contributed by atoms with Gasteiger partial charge in [-0.2, -0.15) is 0 Å². The molecule has 1 saturated heterocycles. The van der Waals surface area contributed by atoms with E-state index in [2.05, 4.69) is 16.3 Å². The number of benzene rings is 1. The highest BCUT2D eigenvalue weighted by Gasteiger charge is 2.73. The van der Waals surface area contributed by atoms with Crippen LogP contribution in [0.3, 0.4) is 0 Å². The molecule has 7 heteroatoms. The van der Waals surface area contributed by atoms with Gasteiger partial charge in [-0.3, -0.25) is 9.69 Å². The van der Waals surface area contributed by atoms with E-state index >= 15 is 0 Å². The summed E-state index contributed by atoms with van der Waals surface area (Å²) in [5, 5.41) is 23.4. The number of piperidine rings is 1. The molecule has 0 amide bonds. The van der Waals surface area contributed by atoms with E-state index in [1.165, 1.54) is 24.0 Å². The van der Waals surface area contributed by atoms with Crippen LogP contribution in [0.4, 0.5) is 0 Å². The van der Waals surface area contributed by atoms with Crippen LogP contribution in [0.2, 0.25) is 0 Å². The minimum Gasteiger partial charge on any atom is -0.504 e. The molecular formula is C25H34N2O5. The molecule has 2 bridgehead atoms. The van der Waals surface area contributed by atoms with E-state index < -0.39 is 5.97 Å². The Kier molecular flexibility index (Phi) is 4.76. The van der Waals surface area contributed by atoms with Crippen molar-refractivity contribution in [2.45, 2.75) is 80.6 Å². The number of nitrogens with one attached hydrogen (secondary N) is 1. The second-order valence-corrected chi connectivity index (χ2v) is 10.6. The van der Waals surface area contributed by atoms with Gasteiger partial charge in [-0.1, -0.05) is 6.07 Å². The van der Waals surface area contributed by atoms with Crippen molar-refractivity contribution in [3.05, 3.63) is 23.3 Å². The molecule has 1 aromatic carbocycles. The second-order valence-electron chi connectivity index (χ2n) is 10.6. The first-order chi connectivity index (χ1) is 15.5. The Morgan fingerprint density at radius 1 is 1.31 bits per heavy atom. The van der Waals surface area contributed by atoms with Gasteiger partial charge in [0, 0.05) is 37.7 Å². The van der Waals surface area contributed by atoms with Gasteiger partial charge < -0.3 is 25.0 Å². The Bertz CT molecular complexity index is 933. The zero-order valence-corrected chi connectivity index (χ0v) is 18.8. The van der Waals surface area contributed by atoms with Gasteiger partial charge in [0.15, 0.2) is 11.5 Å². The number of rotatable bonds is 8. The number of nitrogens with zero attached hydrogens (tertiary/aromatic N) is 1. The molecule has 2 heterocycles. The molecule has 3 fully saturated rings. The first-order valence-corrected chi connectivity index (χ1v) is 12.3. The monoisotopic (exact) mass is 442 g/mol. The minimum atomic E-state index is -0.760. The van der Waals surface area contributed by atoms with E-state index in [-0.39, 0.29) is 35.3 Å². The molecule has 5 atom stereocenters. The third kappa shape index (κ3) is 2.74. The Morgan fingerprint density at radius 3 is 2.91 bits per heavy atom. The van der Waals surface area contributed by atoms with Crippen LogP contribution in [0.15, 0.2) is 12.1 Å². The maximum atomic E-state index is 10.9. The average Bonchev–Trinajstić information content (AvgIpc) is 3.52. The number of carbonyl (C=O) groups is 1. The molecule has 0 radical (unpaired) electrons. The molecular weight excluding hydrogens is 408 g/mol. The molecule has 7 nitrogen and oxygen atoms in total. The maximum Gasteiger partial charge on any atom is 0.303 e. The molecule has 6 rings (SSSR count). The number of hydrogen-bond donors (Lipinski definition) is 3. The number of carboxylic acids is 1. The van der Waals surface area contributed by atoms with Gasteiger partial charge in [-0.25, -0.2) is 0 Å². The smallest absolute Gasteiger partial charge is 0.303 e. The van der Waals surface area contributed by atoms with Crippen LogP contribution in [0, 0.1) is 5.92 Å². The molecule has 2 aliphatic heterocycles. The minimum absolute atomic E-state index is 0.112. The number of phenols is 1. The highest BCUT2D eigenvalue weighted by Crippen LogP contribution is 2.66. The Labute approximate surface area is 189 Å². The van der Waals surface area contributed by atoms with Crippen molar-refractivity contribution in [2.24, 2.45) is 5.92 Å². The summed E-state index contributed by atoms with van der Waals surface area (Å²) in [6.45, 7) is 2.85. The molecule has 5 aliphatic rings. The largest absolute Gasteiger partial charge is 0.504 e. The number of carboxylic acid groups (broad SMARTS) is 1. The summed E-state index contributed by atoms with van der Waals surface area (Å²) in [5.74, 6) is 0.950. The fourth-order valence-electron chi connectivity index (χ4n) is 7.61. The summed E-state index contributed by atoms with van der Waals surface area (Å²) in [4.78, 5) is 13.6. The first-order valence-electron chi connectivity index (χ1n) is 12.3. The summed E-state index contributed by atoms with van der Waals surface area (Å²) >= 11 is 0. The van der Waals surface area contributed by atoms with Crippen molar-refractivity contribution in [3.8, 4) is 11.5 Å². The van der Waals surface area contributed by atoms with E-state index in [1.54, 1.807) is 6.07 Å². The second kappa shape index (κ2) is 7.34. The number of aliphatic carboxylic acids is 1. The fourth-order valence-corrected chi connectivity index (χ4v) is 7.61. The summed E-state index contributed by atoms with van der Waals surface area (Å²) in [5.41, 5.74) is 1.88. The number of methoxy groups -OCH3 is 1. The first kappa shape index (κ1) is 20.8. The van der Waals surface area contributed by atoms with Crippen LogP contribution in [-0.4, -0.2) is 71.6 Å². The summed E-state index contributed by atoms with van der Waals surface area (Å²) in [7, 11) is 1.87. The van der Waals surface area contributed by atoms with E-state index in [0.29, 0.717) is 24.8 Å².